The standard InChI is InChI=1S/C21H26N2O5/c1-14-20(21(25)28-15-9-5-3-2-4-6-10-15)17(13-19(24)22-14)16-11-7-8-12-18(16)23(26)27/h7-8,11-12,15,17H,2-6,9-10,13H2,1H3,(H,22,24)/t17-/m1/s1. The number of rotatable bonds is 4. The second-order valence-corrected chi connectivity index (χ2v) is 7.53. The van der Waals surface area contributed by atoms with E-state index in [0.717, 1.165) is 38.5 Å². The maximum absolute atomic E-state index is 13.0. The minimum Gasteiger partial charge on any atom is -0.459 e. The average molecular weight is 386 g/mol. The molecule has 3 rings (SSSR count). The number of hydrogen-bond donors (Lipinski definition) is 1. The lowest BCUT2D eigenvalue weighted by Gasteiger charge is -2.28. The third-order valence-electron chi connectivity index (χ3n) is 5.52. The SMILES string of the molecule is CC1=C(C(=O)OC2CCCCCCC2)[C@@H](c2ccccc2[N+](=O)[O-])CC(=O)N1. The number of nitro benzene ring substituents is 1. The second-order valence-electron chi connectivity index (χ2n) is 7.53. The zero-order chi connectivity index (χ0) is 20.1. The normalized spacial score (nSPS) is 21.5. The molecular formula is C21H26N2O5. The second kappa shape index (κ2) is 8.99. The fraction of sp³-hybridized carbons (Fsp3) is 0.524. The van der Waals surface area contributed by atoms with Crippen molar-refractivity contribution in [3.8, 4) is 0 Å². The van der Waals surface area contributed by atoms with E-state index in [1.807, 2.05) is 0 Å². The van der Waals surface area contributed by atoms with E-state index in [4.69, 9.17) is 4.74 Å². The number of nitrogens with zero attached hydrogens (tertiary/aromatic N) is 1. The van der Waals surface area contributed by atoms with Crippen LogP contribution in [0.2, 0.25) is 0 Å². The fourth-order valence-corrected chi connectivity index (χ4v) is 4.14. The Balaban J connectivity index is 1.89. The van der Waals surface area contributed by atoms with Gasteiger partial charge in [0.15, 0.2) is 0 Å². The summed E-state index contributed by atoms with van der Waals surface area (Å²) in [5, 5.41) is 14.2. The van der Waals surface area contributed by atoms with Crippen molar-refractivity contribution in [1.29, 1.82) is 0 Å². The first-order valence-electron chi connectivity index (χ1n) is 9.92. The van der Waals surface area contributed by atoms with Gasteiger partial charge in [0.25, 0.3) is 5.69 Å². The summed E-state index contributed by atoms with van der Waals surface area (Å²) in [4.78, 5) is 36.1. The number of para-hydroxylation sites is 1. The topological polar surface area (TPSA) is 98.5 Å². The minimum absolute atomic E-state index is 0.0166. The summed E-state index contributed by atoms with van der Waals surface area (Å²) < 4.78 is 5.81. The molecule has 1 atom stereocenters. The lowest BCUT2D eigenvalue weighted by atomic mass is 9.83. The van der Waals surface area contributed by atoms with E-state index in [0.29, 0.717) is 16.8 Å². The number of carbonyl (C=O) groups is 2. The molecule has 1 aliphatic carbocycles. The Kier molecular flexibility index (Phi) is 6.44. The van der Waals surface area contributed by atoms with Crippen molar-refractivity contribution in [2.75, 3.05) is 0 Å². The highest BCUT2D eigenvalue weighted by Gasteiger charge is 2.36. The molecule has 1 amide bonds. The summed E-state index contributed by atoms with van der Waals surface area (Å²) in [7, 11) is 0. The van der Waals surface area contributed by atoms with Crippen LogP contribution in [0, 0.1) is 10.1 Å². The molecule has 1 N–H and O–H groups in total. The van der Waals surface area contributed by atoms with Crippen LogP contribution in [-0.2, 0) is 14.3 Å². The number of benzene rings is 1. The van der Waals surface area contributed by atoms with Gasteiger partial charge >= 0.3 is 5.97 Å². The van der Waals surface area contributed by atoms with Crippen molar-refractivity contribution in [2.45, 2.75) is 70.3 Å². The maximum atomic E-state index is 13.0. The lowest BCUT2D eigenvalue weighted by molar-refractivity contribution is -0.385. The zero-order valence-corrected chi connectivity index (χ0v) is 16.1. The first-order chi connectivity index (χ1) is 13.5. The average Bonchev–Trinajstić information content (AvgIpc) is 2.63. The molecule has 0 unspecified atom stereocenters. The minimum atomic E-state index is -0.684. The van der Waals surface area contributed by atoms with Gasteiger partial charge in [0.1, 0.15) is 6.10 Å². The van der Waals surface area contributed by atoms with Crippen LogP contribution in [0.4, 0.5) is 5.69 Å². The number of allylic oxidation sites excluding steroid dienone is 1. The van der Waals surface area contributed by atoms with Crippen LogP contribution in [0.15, 0.2) is 35.5 Å². The van der Waals surface area contributed by atoms with E-state index >= 15 is 0 Å². The molecule has 1 fully saturated rings. The molecule has 1 heterocycles. The Labute approximate surface area is 164 Å². The Morgan fingerprint density at radius 3 is 2.46 bits per heavy atom. The zero-order valence-electron chi connectivity index (χ0n) is 16.1. The van der Waals surface area contributed by atoms with Crippen LogP contribution in [0.3, 0.4) is 0 Å². The quantitative estimate of drug-likeness (QED) is 0.477. The predicted molar refractivity (Wildman–Crippen MR) is 103 cm³/mol. The first kappa shape index (κ1) is 20.0. The first-order valence-corrected chi connectivity index (χ1v) is 9.92. The van der Waals surface area contributed by atoms with Crippen LogP contribution < -0.4 is 5.32 Å². The van der Waals surface area contributed by atoms with Crippen LogP contribution in [0.1, 0.15) is 69.8 Å². The van der Waals surface area contributed by atoms with Gasteiger partial charge in [0.05, 0.1) is 10.5 Å². The number of carbonyl (C=O) groups excluding carboxylic acids is 2. The van der Waals surface area contributed by atoms with Gasteiger partial charge in [-0.25, -0.2) is 4.79 Å². The van der Waals surface area contributed by atoms with Crippen molar-refractivity contribution in [3.63, 3.8) is 0 Å². The largest absolute Gasteiger partial charge is 0.459 e. The molecule has 0 saturated heterocycles. The van der Waals surface area contributed by atoms with Gasteiger partial charge in [-0.15, -0.1) is 0 Å². The van der Waals surface area contributed by atoms with Crippen molar-refractivity contribution < 1.29 is 19.2 Å². The van der Waals surface area contributed by atoms with Crippen LogP contribution in [0.5, 0.6) is 0 Å². The predicted octanol–water partition coefficient (Wildman–Crippen LogP) is 4.13. The highest BCUT2D eigenvalue weighted by atomic mass is 16.6. The third kappa shape index (κ3) is 4.58. The number of esters is 1. The van der Waals surface area contributed by atoms with E-state index < -0.39 is 16.8 Å². The fourth-order valence-electron chi connectivity index (χ4n) is 4.14. The maximum Gasteiger partial charge on any atom is 0.336 e. The number of nitrogens with one attached hydrogen (secondary N) is 1. The van der Waals surface area contributed by atoms with Gasteiger partial charge in [-0.05, 0) is 32.6 Å². The molecule has 7 heteroatoms. The molecule has 0 bridgehead atoms. The molecule has 0 radical (unpaired) electrons. The molecule has 0 spiro atoms. The summed E-state index contributed by atoms with van der Waals surface area (Å²) in [6.07, 6.45) is 7.07. The third-order valence-corrected chi connectivity index (χ3v) is 5.52. The van der Waals surface area contributed by atoms with E-state index in [9.17, 15) is 19.7 Å². The summed E-state index contributed by atoms with van der Waals surface area (Å²) in [5.41, 5.74) is 1.00. The monoisotopic (exact) mass is 386 g/mol. The summed E-state index contributed by atoms with van der Waals surface area (Å²) in [6, 6.07) is 6.27. The molecule has 0 aromatic heterocycles. The van der Waals surface area contributed by atoms with Crippen molar-refractivity contribution in [2.24, 2.45) is 0 Å². The van der Waals surface area contributed by atoms with Gasteiger partial charge in [-0.2, -0.15) is 0 Å². The highest BCUT2D eigenvalue weighted by Crippen LogP contribution is 2.38. The van der Waals surface area contributed by atoms with E-state index in [2.05, 4.69) is 5.32 Å². The van der Waals surface area contributed by atoms with Crippen molar-refractivity contribution in [1.82, 2.24) is 5.32 Å². The van der Waals surface area contributed by atoms with E-state index in [1.54, 1.807) is 25.1 Å². The Bertz CT molecular complexity index is 794. The van der Waals surface area contributed by atoms with E-state index in [1.165, 1.54) is 12.5 Å². The molecule has 1 saturated carbocycles. The van der Waals surface area contributed by atoms with Gasteiger partial charge in [-0.3, -0.25) is 14.9 Å². The van der Waals surface area contributed by atoms with Gasteiger partial charge in [0, 0.05) is 29.7 Å². The van der Waals surface area contributed by atoms with Gasteiger partial charge < -0.3 is 10.1 Å². The molecule has 1 aliphatic heterocycles. The lowest BCUT2D eigenvalue weighted by Crippen LogP contribution is -2.35. The van der Waals surface area contributed by atoms with E-state index in [-0.39, 0.29) is 24.1 Å². The molecule has 7 nitrogen and oxygen atoms in total. The van der Waals surface area contributed by atoms with Crippen molar-refractivity contribution in [3.05, 3.63) is 51.2 Å². The summed E-state index contributed by atoms with van der Waals surface area (Å²) in [5.74, 6) is -1.43. The number of ether oxygens (including phenoxy) is 1. The van der Waals surface area contributed by atoms with Gasteiger partial charge in [0.2, 0.25) is 5.91 Å². The van der Waals surface area contributed by atoms with Crippen LogP contribution in [-0.4, -0.2) is 22.9 Å². The van der Waals surface area contributed by atoms with Crippen LogP contribution in [0.25, 0.3) is 0 Å². The summed E-state index contributed by atoms with van der Waals surface area (Å²) >= 11 is 0. The Morgan fingerprint density at radius 2 is 1.79 bits per heavy atom. The Hall–Kier alpha value is -2.70. The molecule has 1 aromatic rings. The number of amides is 1. The molecule has 28 heavy (non-hydrogen) atoms. The van der Waals surface area contributed by atoms with Gasteiger partial charge in [-0.1, -0.05) is 37.5 Å². The Morgan fingerprint density at radius 1 is 1.14 bits per heavy atom. The highest BCUT2D eigenvalue weighted by molar-refractivity contribution is 5.96. The molecule has 1 aromatic carbocycles. The molecular weight excluding hydrogens is 360 g/mol. The number of nitro groups is 1. The smallest absolute Gasteiger partial charge is 0.336 e. The van der Waals surface area contributed by atoms with Crippen molar-refractivity contribution >= 4 is 17.6 Å². The number of hydrogen-bond acceptors (Lipinski definition) is 5. The summed E-state index contributed by atoms with van der Waals surface area (Å²) in [6.45, 7) is 1.65. The molecule has 150 valence electrons. The molecule has 2 aliphatic rings. The van der Waals surface area contributed by atoms with Crippen LogP contribution >= 0.6 is 0 Å².